The molecule has 0 aliphatic carbocycles. The van der Waals surface area contributed by atoms with Gasteiger partial charge >= 0.3 is 0 Å². The third kappa shape index (κ3) is 5.71. The van der Waals surface area contributed by atoms with Crippen molar-refractivity contribution >= 4 is 10.1 Å². The quantitative estimate of drug-likeness (QED) is 0.275. The summed E-state index contributed by atoms with van der Waals surface area (Å²) in [4.78, 5) is 0. The fourth-order valence-corrected chi connectivity index (χ4v) is 5.83. The first kappa shape index (κ1) is 27.0. The van der Waals surface area contributed by atoms with Crippen LogP contribution < -0.4 is 0 Å². The van der Waals surface area contributed by atoms with Gasteiger partial charge in [0.15, 0.2) is 5.79 Å². The van der Waals surface area contributed by atoms with Crippen molar-refractivity contribution in [2.75, 3.05) is 19.5 Å². The van der Waals surface area contributed by atoms with Gasteiger partial charge < -0.3 is 18.9 Å². The molecule has 0 amide bonds. The second-order valence-electron chi connectivity index (χ2n) is 10.2. The summed E-state index contributed by atoms with van der Waals surface area (Å²) >= 11 is 0. The zero-order valence-electron chi connectivity index (χ0n) is 21.9. The topological polar surface area (TPSA) is 80.3 Å². The van der Waals surface area contributed by atoms with Crippen molar-refractivity contribution in [1.82, 2.24) is 0 Å². The summed E-state index contributed by atoms with van der Waals surface area (Å²) in [5.41, 5.74) is 2.09. The fourth-order valence-electron chi connectivity index (χ4n) is 5.43. The predicted octanol–water partition coefficient (Wildman–Crippen LogP) is 4.65. The SMILES string of the molecule is CC1(C)O[C@@H]2[C@H](O1)[C@@H](COC(c1ccccc1)(c1ccccc1)c1ccccc1)O[C@H]2CCOS(C)(=O)=O. The molecule has 0 unspecified atom stereocenters. The zero-order valence-corrected chi connectivity index (χ0v) is 22.7. The number of ether oxygens (including phenoxy) is 4. The lowest BCUT2D eigenvalue weighted by atomic mass is 9.80. The molecule has 0 spiro atoms. The molecule has 202 valence electrons. The summed E-state index contributed by atoms with van der Waals surface area (Å²) < 4.78 is 53.7. The molecule has 7 nitrogen and oxygen atoms in total. The summed E-state index contributed by atoms with van der Waals surface area (Å²) in [5, 5.41) is 0. The molecule has 0 aromatic heterocycles. The third-order valence-corrected chi connectivity index (χ3v) is 7.55. The summed E-state index contributed by atoms with van der Waals surface area (Å²) in [5.74, 6) is -0.789. The summed E-state index contributed by atoms with van der Waals surface area (Å²) in [6.07, 6.45) is -0.158. The van der Waals surface area contributed by atoms with Crippen molar-refractivity contribution in [1.29, 1.82) is 0 Å². The van der Waals surface area contributed by atoms with E-state index in [0.717, 1.165) is 22.9 Å². The van der Waals surface area contributed by atoms with E-state index in [1.807, 2.05) is 68.4 Å². The maximum Gasteiger partial charge on any atom is 0.264 e. The van der Waals surface area contributed by atoms with E-state index >= 15 is 0 Å². The molecular weight excluding hydrogens is 504 g/mol. The average molecular weight is 539 g/mol. The first-order valence-electron chi connectivity index (χ1n) is 12.8. The molecule has 38 heavy (non-hydrogen) atoms. The number of rotatable bonds is 10. The van der Waals surface area contributed by atoms with Crippen molar-refractivity contribution in [2.24, 2.45) is 0 Å². The minimum absolute atomic E-state index is 0.00602. The van der Waals surface area contributed by atoms with Crippen LogP contribution in [0.4, 0.5) is 0 Å². The van der Waals surface area contributed by atoms with Crippen molar-refractivity contribution in [3.05, 3.63) is 108 Å². The highest BCUT2D eigenvalue weighted by atomic mass is 32.2. The van der Waals surface area contributed by atoms with Gasteiger partial charge in [0.25, 0.3) is 10.1 Å². The van der Waals surface area contributed by atoms with Crippen molar-refractivity contribution < 1.29 is 31.5 Å². The molecule has 0 bridgehead atoms. The van der Waals surface area contributed by atoms with Gasteiger partial charge in [0.2, 0.25) is 0 Å². The lowest BCUT2D eigenvalue weighted by molar-refractivity contribution is -0.196. The second kappa shape index (κ2) is 10.9. The summed E-state index contributed by atoms with van der Waals surface area (Å²) in [6, 6.07) is 30.5. The van der Waals surface area contributed by atoms with Gasteiger partial charge in [-0.3, -0.25) is 4.18 Å². The molecule has 8 heteroatoms. The van der Waals surface area contributed by atoms with Gasteiger partial charge in [-0.2, -0.15) is 8.42 Å². The Morgan fingerprint density at radius 3 is 1.66 bits per heavy atom. The lowest BCUT2D eigenvalue weighted by Gasteiger charge is -2.37. The van der Waals surface area contributed by atoms with Crippen LogP contribution in [0, 0.1) is 0 Å². The Morgan fingerprint density at radius 1 is 0.763 bits per heavy atom. The van der Waals surface area contributed by atoms with Gasteiger partial charge in [-0.05, 0) is 30.5 Å². The number of hydrogen-bond donors (Lipinski definition) is 0. The van der Waals surface area contributed by atoms with E-state index in [1.54, 1.807) is 0 Å². The largest absolute Gasteiger partial charge is 0.367 e. The Morgan fingerprint density at radius 2 is 1.21 bits per heavy atom. The van der Waals surface area contributed by atoms with E-state index in [-0.39, 0.29) is 25.4 Å². The Kier molecular flexibility index (Phi) is 7.73. The highest BCUT2D eigenvalue weighted by Crippen LogP contribution is 2.44. The molecule has 2 heterocycles. The molecule has 2 saturated heterocycles. The number of fused-ring (bicyclic) bond motifs is 1. The maximum atomic E-state index is 11.5. The van der Waals surface area contributed by atoms with E-state index in [4.69, 9.17) is 23.1 Å². The molecule has 5 rings (SSSR count). The van der Waals surface area contributed by atoms with E-state index in [1.165, 1.54) is 0 Å². The van der Waals surface area contributed by atoms with E-state index in [2.05, 4.69) is 36.4 Å². The molecule has 3 aromatic rings. The summed E-state index contributed by atoms with van der Waals surface area (Å²) in [7, 11) is -3.55. The highest BCUT2D eigenvalue weighted by Gasteiger charge is 2.55. The fraction of sp³-hybridized carbons (Fsp3) is 0.400. The third-order valence-electron chi connectivity index (χ3n) is 6.95. The molecule has 2 aliphatic heterocycles. The van der Waals surface area contributed by atoms with Gasteiger partial charge in [0, 0.05) is 6.42 Å². The van der Waals surface area contributed by atoms with Crippen molar-refractivity contribution in [3.63, 3.8) is 0 Å². The summed E-state index contributed by atoms with van der Waals surface area (Å²) in [6.45, 7) is 3.97. The van der Waals surface area contributed by atoms with Crippen LogP contribution in [0.3, 0.4) is 0 Å². The monoisotopic (exact) mass is 538 g/mol. The van der Waals surface area contributed by atoms with Crippen LogP contribution in [0.25, 0.3) is 0 Å². The van der Waals surface area contributed by atoms with Crippen LogP contribution in [0.2, 0.25) is 0 Å². The number of hydrogen-bond acceptors (Lipinski definition) is 7. The smallest absolute Gasteiger partial charge is 0.264 e. The Balaban J connectivity index is 1.47. The van der Waals surface area contributed by atoms with Gasteiger partial charge in [0.1, 0.15) is 23.9 Å². The van der Waals surface area contributed by atoms with Gasteiger partial charge in [0.05, 0.1) is 25.6 Å². The molecular formula is C30H34O7S. The molecule has 0 saturated carbocycles. The van der Waals surface area contributed by atoms with E-state index < -0.39 is 33.7 Å². The molecule has 0 N–H and O–H groups in total. The van der Waals surface area contributed by atoms with Crippen LogP contribution in [-0.2, 0) is 38.8 Å². The van der Waals surface area contributed by atoms with E-state index in [9.17, 15) is 8.42 Å². The Bertz CT molecular complexity index is 1200. The highest BCUT2D eigenvalue weighted by molar-refractivity contribution is 7.85. The maximum absolute atomic E-state index is 11.5. The van der Waals surface area contributed by atoms with Crippen LogP contribution in [-0.4, -0.2) is 58.1 Å². The van der Waals surface area contributed by atoms with Gasteiger partial charge in [-0.15, -0.1) is 0 Å². The van der Waals surface area contributed by atoms with Crippen molar-refractivity contribution in [3.8, 4) is 0 Å². The first-order chi connectivity index (χ1) is 18.2. The van der Waals surface area contributed by atoms with Crippen molar-refractivity contribution in [2.45, 2.75) is 56.1 Å². The second-order valence-corrected chi connectivity index (χ2v) is 11.8. The standard InChI is InChI=1S/C30H34O7S/c1-29(2)36-27-25(19-20-34-38(3,31)32)35-26(28(27)37-29)21-33-30(22-13-7-4-8-14-22,23-15-9-5-10-16-23)24-17-11-6-12-18-24/h4-18,25-28H,19-21H2,1-3H3/t25-,26+,27-,28+/m0/s1. The zero-order chi connectivity index (χ0) is 26.8. The minimum Gasteiger partial charge on any atom is -0.367 e. The average Bonchev–Trinajstić information content (AvgIpc) is 3.39. The lowest BCUT2D eigenvalue weighted by Crippen LogP contribution is -2.39. The Hall–Kier alpha value is -2.59. The van der Waals surface area contributed by atoms with Crippen LogP contribution in [0.5, 0.6) is 0 Å². The minimum atomic E-state index is -3.55. The molecule has 4 atom stereocenters. The molecule has 3 aromatic carbocycles. The van der Waals surface area contributed by atoms with Crippen LogP contribution >= 0.6 is 0 Å². The molecule has 2 aliphatic rings. The van der Waals surface area contributed by atoms with Gasteiger partial charge in [-0.25, -0.2) is 0 Å². The molecule has 0 radical (unpaired) electrons. The first-order valence-corrected chi connectivity index (χ1v) is 14.7. The predicted molar refractivity (Wildman–Crippen MR) is 143 cm³/mol. The van der Waals surface area contributed by atoms with Gasteiger partial charge in [-0.1, -0.05) is 91.0 Å². The van der Waals surface area contributed by atoms with Crippen LogP contribution in [0.1, 0.15) is 37.0 Å². The Labute approximate surface area is 224 Å². The van der Waals surface area contributed by atoms with Crippen LogP contribution in [0.15, 0.2) is 91.0 Å². The molecule has 2 fully saturated rings. The van der Waals surface area contributed by atoms with E-state index in [0.29, 0.717) is 6.42 Å². The normalized spacial score (nSPS) is 24.8. The number of benzene rings is 3.